The van der Waals surface area contributed by atoms with Crippen LogP contribution < -0.4 is 10.5 Å². The number of nitrogens with zero attached hydrogens (tertiary/aromatic N) is 1. The Morgan fingerprint density at radius 3 is 2.60 bits per heavy atom. The Morgan fingerprint density at radius 1 is 1.25 bits per heavy atom. The zero-order chi connectivity index (χ0) is 14.7. The summed E-state index contributed by atoms with van der Waals surface area (Å²) in [4.78, 5) is 0. The lowest BCUT2D eigenvalue weighted by Gasteiger charge is -2.11. The fourth-order valence-corrected chi connectivity index (χ4v) is 1.77. The molecule has 0 aliphatic carbocycles. The molecular weight excluding hydrogens is 286 g/mol. The van der Waals surface area contributed by atoms with E-state index in [2.05, 4.69) is 0 Å². The van der Waals surface area contributed by atoms with Gasteiger partial charge in [0, 0.05) is 12.1 Å². The predicted octanol–water partition coefficient (Wildman–Crippen LogP) is 3.74. The third-order valence-electron chi connectivity index (χ3n) is 2.62. The molecule has 0 heterocycles. The quantitative estimate of drug-likeness (QED) is 0.938. The summed E-state index contributed by atoms with van der Waals surface area (Å²) in [6, 6.07) is 8.23. The van der Waals surface area contributed by atoms with Crippen LogP contribution in [0.5, 0.6) is 11.5 Å². The molecule has 20 heavy (non-hydrogen) atoms. The number of hydrogen-bond acceptors (Lipinski definition) is 3. The number of nitriles is 1. The highest BCUT2D eigenvalue weighted by atomic mass is 35.5. The van der Waals surface area contributed by atoms with E-state index in [1.54, 1.807) is 6.07 Å². The molecule has 102 valence electrons. The summed E-state index contributed by atoms with van der Waals surface area (Å²) in [5.74, 6) is -2.03. The molecule has 0 atom stereocenters. The largest absolute Gasteiger partial charge is 0.450 e. The maximum Gasteiger partial charge on any atom is 0.182 e. The first-order valence-electron chi connectivity index (χ1n) is 5.61. The SMILES string of the molecule is N#Cc1ccc(Oc2c(Cl)ccc(CN)c2F)c(F)c1. The summed E-state index contributed by atoms with van der Waals surface area (Å²) in [5.41, 5.74) is 5.73. The van der Waals surface area contributed by atoms with Crippen LogP contribution in [-0.4, -0.2) is 0 Å². The standard InChI is InChI=1S/C14H9ClF2N2O/c15-10-3-2-9(7-19)13(17)14(10)20-12-4-1-8(6-18)5-11(12)16/h1-5H,7,19H2. The molecule has 2 aromatic rings. The van der Waals surface area contributed by atoms with Crippen LogP contribution in [0.4, 0.5) is 8.78 Å². The van der Waals surface area contributed by atoms with Gasteiger partial charge in [-0.2, -0.15) is 5.26 Å². The first-order chi connectivity index (χ1) is 9.56. The Morgan fingerprint density at radius 2 is 2.00 bits per heavy atom. The van der Waals surface area contributed by atoms with Crippen molar-refractivity contribution in [3.05, 3.63) is 58.1 Å². The smallest absolute Gasteiger partial charge is 0.182 e. The fourth-order valence-electron chi connectivity index (χ4n) is 1.59. The van der Waals surface area contributed by atoms with E-state index in [9.17, 15) is 8.78 Å². The lowest BCUT2D eigenvalue weighted by atomic mass is 10.2. The van der Waals surface area contributed by atoms with Crippen LogP contribution in [0.1, 0.15) is 11.1 Å². The van der Waals surface area contributed by atoms with Crippen LogP contribution >= 0.6 is 11.6 Å². The summed E-state index contributed by atoms with van der Waals surface area (Å²) < 4.78 is 32.9. The van der Waals surface area contributed by atoms with E-state index in [4.69, 9.17) is 27.3 Å². The molecule has 0 bridgehead atoms. The van der Waals surface area contributed by atoms with E-state index < -0.39 is 11.6 Å². The summed E-state index contributed by atoms with van der Waals surface area (Å²) in [5, 5.41) is 8.65. The zero-order valence-electron chi connectivity index (χ0n) is 10.2. The van der Waals surface area contributed by atoms with Crippen molar-refractivity contribution < 1.29 is 13.5 Å². The first-order valence-corrected chi connectivity index (χ1v) is 5.99. The van der Waals surface area contributed by atoms with Crippen molar-refractivity contribution in [1.29, 1.82) is 5.26 Å². The third-order valence-corrected chi connectivity index (χ3v) is 2.92. The predicted molar refractivity (Wildman–Crippen MR) is 70.5 cm³/mol. The van der Waals surface area contributed by atoms with Crippen molar-refractivity contribution in [2.45, 2.75) is 6.54 Å². The van der Waals surface area contributed by atoms with Crippen molar-refractivity contribution in [2.24, 2.45) is 5.73 Å². The van der Waals surface area contributed by atoms with Gasteiger partial charge in [-0.3, -0.25) is 0 Å². The lowest BCUT2D eigenvalue weighted by molar-refractivity contribution is 0.412. The van der Waals surface area contributed by atoms with Gasteiger partial charge in [0.2, 0.25) is 0 Å². The molecule has 3 nitrogen and oxygen atoms in total. The van der Waals surface area contributed by atoms with Crippen molar-refractivity contribution in [1.82, 2.24) is 0 Å². The van der Waals surface area contributed by atoms with Gasteiger partial charge in [0.15, 0.2) is 23.1 Å². The van der Waals surface area contributed by atoms with E-state index >= 15 is 0 Å². The molecule has 0 radical (unpaired) electrons. The molecule has 2 rings (SSSR count). The maximum atomic E-state index is 14.0. The van der Waals surface area contributed by atoms with E-state index in [-0.39, 0.29) is 34.2 Å². The van der Waals surface area contributed by atoms with Gasteiger partial charge in [0.25, 0.3) is 0 Å². The molecule has 6 heteroatoms. The van der Waals surface area contributed by atoms with Gasteiger partial charge in [-0.15, -0.1) is 0 Å². The first kappa shape index (κ1) is 14.3. The highest BCUT2D eigenvalue weighted by Gasteiger charge is 2.16. The molecule has 0 aromatic heterocycles. The second kappa shape index (κ2) is 5.87. The van der Waals surface area contributed by atoms with Gasteiger partial charge in [0.05, 0.1) is 16.7 Å². The Kier molecular flexibility index (Phi) is 4.18. The highest BCUT2D eigenvalue weighted by Crippen LogP contribution is 2.34. The summed E-state index contributed by atoms with van der Waals surface area (Å²) in [7, 11) is 0. The van der Waals surface area contributed by atoms with Crippen LogP contribution in [0.2, 0.25) is 5.02 Å². The minimum atomic E-state index is -0.780. The van der Waals surface area contributed by atoms with E-state index in [0.717, 1.165) is 6.07 Å². The van der Waals surface area contributed by atoms with Crippen molar-refractivity contribution >= 4 is 11.6 Å². The normalized spacial score (nSPS) is 10.2. The Balaban J connectivity index is 2.43. The lowest BCUT2D eigenvalue weighted by Crippen LogP contribution is -2.02. The Bertz CT molecular complexity index is 698. The van der Waals surface area contributed by atoms with E-state index in [1.807, 2.05) is 0 Å². The van der Waals surface area contributed by atoms with Gasteiger partial charge in [0.1, 0.15) is 0 Å². The number of nitrogens with two attached hydrogens (primary N) is 1. The molecule has 0 amide bonds. The van der Waals surface area contributed by atoms with Crippen molar-refractivity contribution in [2.75, 3.05) is 0 Å². The average Bonchev–Trinajstić information content (AvgIpc) is 2.45. The second-order valence-electron chi connectivity index (χ2n) is 3.91. The van der Waals surface area contributed by atoms with E-state index in [0.29, 0.717) is 0 Å². The molecule has 0 unspecified atom stereocenters. The third kappa shape index (κ3) is 2.72. The molecule has 0 saturated carbocycles. The van der Waals surface area contributed by atoms with Crippen LogP contribution in [0, 0.1) is 23.0 Å². The summed E-state index contributed by atoms with van der Waals surface area (Å²) in [6.45, 7) is -0.0325. The monoisotopic (exact) mass is 294 g/mol. The number of rotatable bonds is 3. The molecular formula is C14H9ClF2N2O. The minimum absolute atomic E-state index is 0.00320. The fraction of sp³-hybridized carbons (Fsp3) is 0.0714. The summed E-state index contributed by atoms with van der Waals surface area (Å²) in [6.07, 6.45) is 0. The molecule has 0 spiro atoms. The highest BCUT2D eigenvalue weighted by molar-refractivity contribution is 6.32. The Labute approximate surface area is 119 Å². The molecule has 0 saturated heterocycles. The molecule has 0 aliphatic heterocycles. The molecule has 0 fully saturated rings. The van der Waals surface area contributed by atoms with Gasteiger partial charge >= 0.3 is 0 Å². The van der Waals surface area contributed by atoms with Crippen molar-refractivity contribution in [3.63, 3.8) is 0 Å². The molecule has 2 N–H and O–H groups in total. The van der Waals surface area contributed by atoms with E-state index in [1.165, 1.54) is 24.3 Å². The van der Waals surface area contributed by atoms with Gasteiger partial charge < -0.3 is 10.5 Å². The molecule has 0 aliphatic rings. The van der Waals surface area contributed by atoms with Crippen LogP contribution in [-0.2, 0) is 6.54 Å². The minimum Gasteiger partial charge on any atom is -0.450 e. The average molecular weight is 295 g/mol. The molecule has 2 aromatic carbocycles. The number of ether oxygens (including phenoxy) is 1. The van der Waals surface area contributed by atoms with Crippen LogP contribution in [0.15, 0.2) is 30.3 Å². The maximum absolute atomic E-state index is 14.0. The van der Waals surface area contributed by atoms with Gasteiger partial charge in [-0.1, -0.05) is 17.7 Å². The van der Waals surface area contributed by atoms with Gasteiger partial charge in [-0.25, -0.2) is 8.78 Å². The number of hydrogen-bond donors (Lipinski definition) is 1. The number of benzene rings is 2. The van der Waals surface area contributed by atoms with Crippen LogP contribution in [0.25, 0.3) is 0 Å². The summed E-state index contributed by atoms with van der Waals surface area (Å²) >= 11 is 5.84. The Hall–Kier alpha value is -2.16. The van der Waals surface area contributed by atoms with Crippen LogP contribution in [0.3, 0.4) is 0 Å². The topological polar surface area (TPSA) is 59.0 Å². The van der Waals surface area contributed by atoms with Crippen molar-refractivity contribution in [3.8, 4) is 17.6 Å². The number of halogens is 3. The van der Waals surface area contributed by atoms with Gasteiger partial charge in [-0.05, 0) is 24.3 Å². The zero-order valence-corrected chi connectivity index (χ0v) is 10.9. The second-order valence-corrected chi connectivity index (χ2v) is 4.32.